The molecule has 0 spiro atoms. The highest BCUT2D eigenvalue weighted by Crippen LogP contribution is 2.32. The lowest BCUT2D eigenvalue weighted by Crippen LogP contribution is -2.56. The molecule has 1 aliphatic carbocycles. The predicted molar refractivity (Wildman–Crippen MR) is 72.5 cm³/mol. The van der Waals surface area contributed by atoms with Crippen LogP contribution in [0.3, 0.4) is 0 Å². The van der Waals surface area contributed by atoms with Crippen LogP contribution in [0, 0.1) is 5.92 Å². The maximum Gasteiger partial charge on any atom is 0.329 e. The van der Waals surface area contributed by atoms with Gasteiger partial charge in [-0.15, -0.1) is 0 Å². The standard InChI is InChI=1S/C14H18N2O4/c1-9-3-2-6-14(7-9,13(19)20)16-12(18)10-4-5-11(17)15-8-10/h4-5,8-9H,2-3,6-7H2,1H3,(H,15,17)(H,16,18)(H,19,20). The largest absolute Gasteiger partial charge is 0.480 e. The Balaban J connectivity index is 2.20. The third-order valence-corrected chi connectivity index (χ3v) is 3.81. The molecule has 1 aliphatic rings. The first kappa shape index (κ1) is 14.3. The minimum absolute atomic E-state index is 0.253. The topological polar surface area (TPSA) is 99.3 Å². The van der Waals surface area contributed by atoms with Gasteiger partial charge in [0.2, 0.25) is 5.56 Å². The van der Waals surface area contributed by atoms with E-state index in [0.29, 0.717) is 12.8 Å². The van der Waals surface area contributed by atoms with Crippen LogP contribution in [0.25, 0.3) is 0 Å². The van der Waals surface area contributed by atoms with E-state index in [1.807, 2.05) is 6.92 Å². The van der Waals surface area contributed by atoms with Gasteiger partial charge in [0.25, 0.3) is 5.91 Å². The number of hydrogen-bond donors (Lipinski definition) is 3. The number of carboxylic acid groups (broad SMARTS) is 1. The number of aromatic nitrogens is 1. The molecule has 2 rings (SSSR count). The van der Waals surface area contributed by atoms with Crippen LogP contribution in [0.2, 0.25) is 0 Å². The second kappa shape index (κ2) is 5.48. The highest BCUT2D eigenvalue weighted by molar-refractivity contribution is 5.97. The zero-order chi connectivity index (χ0) is 14.8. The van der Waals surface area contributed by atoms with E-state index in [-0.39, 0.29) is 17.0 Å². The Morgan fingerprint density at radius 1 is 1.45 bits per heavy atom. The van der Waals surface area contributed by atoms with Crippen molar-refractivity contribution in [3.8, 4) is 0 Å². The molecule has 1 fully saturated rings. The van der Waals surface area contributed by atoms with E-state index in [9.17, 15) is 19.5 Å². The molecule has 2 atom stereocenters. The van der Waals surface area contributed by atoms with E-state index in [2.05, 4.69) is 10.3 Å². The molecule has 0 bridgehead atoms. The van der Waals surface area contributed by atoms with Crippen LogP contribution in [0.15, 0.2) is 23.1 Å². The molecular formula is C14H18N2O4. The van der Waals surface area contributed by atoms with Crippen molar-refractivity contribution in [2.24, 2.45) is 5.92 Å². The Kier molecular flexibility index (Phi) is 3.92. The third-order valence-electron chi connectivity index (χ3n) is 3.81. The summed E-state index contributed by atoms with van der Waals surface area (Å²) in [5.41, 5.74) is -1.26. The molecule has 0 aliphatic heterocycles. The molecule has 1 aromatic rings. The van der Waals surface area contributed by atoms with E-state index in [1.54, 1.807) is 0 Å². The fourth-order valence-electron chi connectivity index (χ4n) is 2.75. The van der Waals surface area contributed by atoms with Crippen molar-refractivity contribution < 1.29 is 14.7 Å². The Morgan fingerprint density at radius 2 is 2.20 bits per heavy atom. The Hall–Kier alpha value is -2.11. The molecule has 1 aromatic heterocycles. The summed E-state index contributed by atoms with van der Waals surface area (Å²) in [6.45, 7) is 1.99. The molecule has 20 heavy (non-hydrogen) atoms. The van der Waals surface area contributed by atoms with Crippen LogP contribution < -0.4 is 10.9 Å². The number of carboxylic acids is 1. The molecule has 1 saturated carbocycles. The summed E-state index contributed by atoms with van der Waals surface area (Å²) in [4.78, 5) is 37.1. The maximum absolute atomic E-state index is 12.1. The van der Waals surface area contributed by atoms with Gasteiger partial charge in [-0.3, -0.25) is 9.59 Å². The number of hydrogen-bond acceptors (Lipinski definition) is 3. The summed E-state index contributed by atoms with van der Waals surface area (Å²) in [6.07, 6.45) is 3.90. The van der Waals surface area contributed by atoms with Gasteiger partial charge < -0.3 is 15.4 Å². The van der Waals surface area contributed by atoms with E-state index in [1.165, 1.54) is 18.3 Å². The van der Waals surface area contributed by atoms with Crippen molar-refractivity contribution >= 4 is 11.9 Å². The molecule has 0 aromatic carbocycles. The summed E-state index contributed by atoms with van der Waals surface area (Å²) in [5.74, 6) is -1.21. The first-order chi connectivity index (χ1) is 9.43. The van der Waals surface area contributed by atoms with Crippen molar-refractivity contribution in [2.75, 3.05) is 0 Å². The summed E-state index contributed by atoms with van der Waals surface area (Å²) in [7, 11) is 0. The summed E-state index contributed by atoms with van der Waals surface area (Å²) < 4.78 is 0. The Bertz CT molecular complexity index is 560. The maximum atomic E-state index is 12.1. The molecule has 108 valence electrons. The first-order valence-electron chi connectivity index (χ1n) is 6.67. The van der Waals surface area contributed by atoms with Gasteiger partial charge in [-0.25, -0.2) is 4.79 Å². The highest BCUT2D eigenvalue weighted by Gasteiger charge is 2.43. The monoisotopic (exact) mass is 278 g/mol. The van der Waals surface area contributed by atoms with Crippen molar-refractivity contribution in [3.63, 3.8) is 0 Å². The average Bonchev–Trinajstić information content (AvgIpc) is 2.39. The van der Waals surface area contributed by atoms with Crippen molar-refractivity contribution in [1.82, 2.24) is 10.3 Å². The zero-order valence-electron chi connectivity index (χ0n) is 11.3. The van der Waals surface area contributed by atoms with Crippen LogP contribution in [0.4, 0.5) is 0 Å². The van der Waals surface area contributed by atoms with Gasteiger partial charge in [0.15, 0.2) is 0 Å². The lowest BCUT2D eigenvalue weighted by Gasteiger charge is -2.37. The fourth-order valence-corrected chi connectivity index (χ4v) is 2.75. The zero-order valence-corrected chi connectivity index (χ0v) is 11.3. The molecule has 0 radical (unpaired) electrons. The lowest BCUT2D eigenvalue weighted by atomic mass is 9.76. The van der Waals surface area contributed by atoms with Gasteiger partial charge in [-0.2, -0.15) is 0 Å². The minimum Gasteiger partial charge on any atom is -0.480 e. The molecule has 6 heteroatoms. The lowest BCUT2D eigenvalue weighted by molar-refractivity contribution is -0.146. The van der Waals surface area contributed by atoms with Gasteiger partial charge in [-0.05, 0) is 24.8 Å². The number of aromatic amines is 1. The number of H-pyrrole nitrogens is 1. The minimum atomic E-state index is -1.20. The predicted octanol–water partition coefficient (Wildman–Crippen LogP) is 1.14. The van der Waals surface area contributed by atoms with Gasteiger partial charge in [0.1, 0.15) is 5.54 Å². The van der Waals surface area contributed by atoms with Crippen molar-refractivity contribution in [1.29, 1.82) is 0 Å². The summed E-state index contributed by atoms with van der Waals surface area (Å²) in [5, 5.41) is 12.1. The molecule has 2 unspecified atom stereocenters. The molecule has 6 nitrogen and oxygen atoms in total. The Labute approximate surface area is 116 Å². The number of nitrogens with one attached hydrogen (secondary N) is 2. The number of amides is 1. The van der Waals surface area contributed by atoms with E-state index in [0.717, 1.165) is 12.8 Å². The second-order valence-corrected chi connectivity index (χ2v) is 5.48. The fraction of sp³-hybridized carbons (Fsp3) is 0.500. The first-order valence-corrected chi connectivity index (χ1v) is 6.67. The van der Waals surface area contributed by atoms with Crippen molar-refractivity contribution in [3.05, 3.63) is 34.2 Å². The number of pyridine rings is 1. The average molecular weight is 278 g/mol. The quantitative estimate of drug-likeness (QED) is 0.772. The number of aliphatic carboxylic acids is 1. The Morgan fingerprint density at radius 3 is 2.75 bits per heavy atom. The van der Waals surface area contributed by atoms with E-state index >= 15 is 0 Å². The number of rotatable bonds is 3. The SMILES string of the molecule is CC1CCCC(NC(=O)c2ccc(=O)[nH]c2)(C(=O)O)C1. The van der Waals surface area contributed by atoms with Gasteiger partial charge in [0.05, 0.1) is 5.56 Å². The normalized spacial score (nSPS) is 25.9. The van der Waals surface area contributed by atoms with E-state index in [4.69, 9.17) is 0 Å². The van der Waals surface area contributed by atoms with Gasteiger partial charge in [-0.1, -0.05) is 19.8 Å². The van der Waals surface area contributed by atoms with Gasteiger partial charge >= 0.3 is 5.97 Å². The molecule has 0 saturated heterocycles. The molecular weight excluding hydrogens is 260 g/mol. The molecule has 1 heterocycles. The van der Waals surface area contributed by atoms with Crippen LogP contribution in [-0.4, -0.2) is 27.5 Å². The van der Waals surface area contributed by atoms with E-state index < -0.39 is 17.4 Å². The van der Waals surface area contributed by atoms with Crippen molar-refractivity contribution in [2.45, 2.75) is 38.1 Å². The second-order valence-electron chi connectivity index (χ2n) is 5.48. The smallest absolute Gasteiger partial charge is 0.329 e. The van der Waals surface area contributed by atoms with Crippen LogP contribution >= 0.6 is 0 Å². The van der Waals surface area contributed by atoms with Crippen LogP contribution in [0.1, 0.15) is 43.0 Å². The highest BCUT2D eigenvalue weighted by atomic mass is 16.4. The molecule has 3 N–H and O–H groups in total. The van der Waals surface area contributed by atoms with Gasteiger partial charge in [0, 0.05) is 12.3 Å². The summed E-state index contributed by atoms with van der Waals surface area (Å²) in [6, 6.07) is 2.63. The van der Waals surface area contributed by atoms with Crippen LogP contribution in [0.5, 0.6) is 0 Å². The van der Waals surface area contributed by atoms with Crippen LogP contribution in [-0.2, 0) is 4.79 Å². The number of carbonyl (C=O) groups is 2. The third kappa shape index (κ3) is 2.89. The summed E-state index contributed by atoms with van der Waals surface area (Å²) >= 11 is 0. The number of carbonyl (C=O) groups excluding carboxylic acids is 1. The molecule has 1 amide bonds.